The summed E-state index contributed by atoms with van der Waals surface area (Å²) in [6.45, 7) is 8.14. The Labute approximate surface area is 120 Å². The van der Waals surface area contributed by atoms with E-state index in [1.165, 1.54) is 42.1 Å². The van der Waals surface area contributed by atoms with Crippen LogP contribution in [-0.4, -0.2) is 30.1 Å². The van der Waals surface area contributed by atoms with Crippen molar-refractivity contribution in [1.29, 1.82) is 0 Å². The Balaban J connectivity index is 0.00000120. The quantitative estimate of drug-likeness (QED) is 0.899. The molecule has 2 bridgehead atoms. The first-order chi connectivity index (χ1) is 8.20. The van der Waals surface area contributed by atoms with Gasteiger partial charge in [0.15, 0.2) is 0 Å². The highest BCUT2D eigenvalue weighted by atomic mass is 35.5. The molecule has 0 aliphatic carbocycles. The van der Waals surface area contributed by atoms with E-state index in [2.05, 4.69) is 30.1 Å². The highest BCUT2D eigenvalue weighted by Gasteiger charge is 2.29. The molecule has 2 atom stereocenters. The number of aryl methyl sites for hydroxylation is 2. The van der Waals surface area contributed by atoms with Gasteiger partial charge in [0.2, 0.25) is 0 Å². The predicted molar refractivity (Wildman–Crippen MR) is 80.9 cm³/mol. The van der Waals surface area contributed by atoms with E-state index >= 15 is 0 Å². The topological polar surface area (TPSA) is 15.3 Å². The van der Waals surface area contributed by atoms with Crippen molar-refractivity contribution in [3.63, 3.8) is 0 Å². The molecule has 1 N–H and O–H groups in total. The second-order valence-electron chi connectivity index (χ2n) is 5.60. The molecule has 2 unspecified atom stereocenters. The second-order valence-corrected chi connectivity index (χ2v) is 7.06. The molecule has 0 aromatic carbocycles. The molecule has 2 aliphatic heterocycles. The van der Waals surface area contributed by atoms with Gasteiger partial charge in [-0.25, -0.2) is 0 Å². The van der Waals surface area contributed by atoms with Gasteiger partial charge in [-0.1, -0.05) is 0 Å². The zero-order valence-electron chi connectivity index (χ0n) is 11.2. The van der Waals surface area contributed by atoms with Crippen LogP contribution in [0.1, 0.15) is 34.6 Å². The van der Waals surface area contributed by atoms with Crippen LogP contribution in [0.5, 0.6) is 0 Å². The van der Waals surface area contributed by atoms with Gasteiger partial charge >= 0.3 is 0 Å². The van der Waals surface area contributed by atoms with Crippen molar-refractivity contribution in [3.05, 3.63) is 21.4 Å². The van der Waals surface area contributed by atoms with Crippen molar-refractivity contribution in [2.24, 2.45) is 0 Å². The van der Waals surface area contributed by atoms with Crippen molar-refractivity contribution in [3.8, 4) is 0 Å². The van der Waals surface area contributed by atoms with Crippen LogP contribution in [0, 0.1) is 13.8 Å². The molecule has 0 saturated carbocycles. The molecule has 1 aromatic rings. The van der Waals surface area contributed by atoms with E-state index in [4.69, 9.17) is 0 Å². The molecule has 2 fully saturated rings. The first-order valence-corrected chi connectivity index (χ1v) is 7.56. The first kappa shape index (κ1) is 14.3. The largest absolute Gasteiger partial charge is 0.310 e. The van der Waals surface area contributed by atoms with E-state index in [0.29, 0.717) is 0 Å². The molecular weight excluding hydrogens is 264 g/mol. The molecule has 102 valence electrons. The van der Waals surface area contributed by atoms with E-state index in [-0.39, 0.29) is 12.4 Å². The van der Waals surface area contributed by atoms with Gasteiger partial charge < -0.3 is 5.32 Å². The molecule has 3 heterocycles. The molecule has 3 rings (SSSR count). The normalized spacial score (nSPS) is 27.9. The summed E-state index contributed by atoms with van der Waals surface area (Å²) in [6, 6.07) is 3.93. The van der Waals surface area contributed by atoms with Crippen LogP contribution in [0.15, 0.2) is 6.07 Å². The number of thiophene rings is 1. The van der Waals surface area contributed by atoms with Crippen molar-refractivity contribution in [2.45, 2.75) is 51.7 Å². The van der Waals surface area contributed by atoms with Crippen LogP contribution in [0.3, 0.4) is 0 Å². The second kappa shape index (κ2) is 5.91. The van der Waals surface area contributed by atoms with E-state index in [9.17, 15) is 0 Å². The van der Waals surface area contributed by atoms with E-state index in [0.717, 1.165) is 18.6 Å². The Bertz CT molecular complexity index is 404. The molecule has 2 nitrogen and oxygen atoms in total. The van der Waals surface area contributed by atoms with Gasteiger partial charge in [-0.3, -0.25) is 4.90 Å². The number of hydrogen-bond donors (Lipinski definition) is 1. The lowest BCUT2D eigenvalue weighted by molar-refractivity contribution is 0.251. The summed E-state index contributed by atoms with van der Waals surface area (Å²) in [4.78, 5) is 5.60. The van der Waals surface area contributed by atoms with Crippen LogP contribution in [0.25, 0.3) is 0 Å². The minimum absolute atomic E-state index is 0. The molecule has 2 saturated heterocycles. The van der Waals surface area contributed by atoms with Gasteiger partial charge in [0.05, 0.1) is 0 Å². The summed E-state index contributed by atoms with van der Waals surface area (Å²) < 4.78 is 0. The minimum atomic E-state index is 0. The molecule has 2 aliphatic rings. The third-order valence-corrected chi connectivity index (χ3v) is 5.15. The van der Waals surface area contributed by atoms with Crippen molar-refractivity contribution < 1.29 is 0 Å². The standard InChI is InChI=1S/C14H22N2S.ClH/c1-10-7-12(11(2)17-10)8-16-6-5-13-3-4-14(9-16)15-13;/h7,13-15H,3-6,8-9H2,1-2H3;1H. The van der Waals surface area contributed by atoms with Gasteiger partial charge in [-0.15, -0.1) is 23.7 Å². The van der Waals surface area contributed by atoms with Gasteiger partial charge in [-0.2, -0.15) is 0 Å². The number of rotatable bonds is 2. The Hall–Kier alpha value is -0.0900. The average molecular weight is 287 g/mol. The van der Waals surface area contributed by atoms with Crippen LogP contribution >= 0.6 is 23.7 Å². The Morgan fingerprint density at radius 3 is 2.78 bits per heavy atom. The average Bonchev–Trinajstić information content (AvgIpc) is 2.75. The van der Waals surface area contributed by atoms with Crippen LogP contribution < -0.4 is 5.32 Å². The maximum atomic E-state index is 3.75. The number of hydrogen-bond acceptors (Lipinski definition) is 3. The molecule has 1 aromatic heterocycles. The molecule has 18 heavy (non-hydrogen) atoms. The summed E-state index contributed by atoms with van der Waals surface area (Å²) in [5.41, 5.74) is 1.55. The van der Waals surface area contributed by atoms with Gasteiger partial charge in [-0.05, 0) is 44.7 Å². The van der Waals surface area contributed by atoms with Gasteiger partial charge in [0.1, 0.15) is 0 Å². The summed E-state index contributed by atoms with van der Waals surface area (Å²) in [6.07, 6.45) is 4.11. The van der Waals surface area contributed by atoms with Crippen LogP contribution in [0.4, 0.5) is 0 Å². The van der Waals surface area contributed by atoms with Gasteiger partial charge in [0, 0.05) is 41.5 Å². The lowest BCUT2D eigenvalue weighted by Gasteiger charge is -2.23. The van der Waals surface area contributed by atoms with E-state index < -0.39 is 0 Å². The maximum Gasteiger partial charge on any atom is 0.0245 e. The highest BCUT2D eigenvalue weighted by Crippen LogP contribution is 2.25. The smallest absolute Gasteiger partial charge is 0.0245 e. The number of halogens is 1. The Morgan fingerprint density at radius 1 is 1.28 bits per heavy atom. The lowest BCUT2D eigenvalue weighted by Crippen LogP contribution is -2.34. The zero-order valence-corrected chi connectivity index (χ0v) is 12.9. The minimum Gasteiger partial charge on any atom is -0.310 e. The number of likely N-dealkylation sites (tertiary alicyclic amines) is 1. The zero-order chi connectivity index (χ0) is 11.8. The Kier molecular flexibility index (Phi) is 4.70. The fraction of sp³-hybridized carbons (Fsp3) is 0.714. The fourth-order valence-corrected chi connectivity index (χ4v) is 4.18. The van der Waals surface area contributed by atoms with Crippen molar-refractivity contribution in [2.75, 3.05) is 13.1 Å². The third kappa shape index (κ3) is 3.08. The van der Waals surface area contributed by atoms with Crippen molar-refractivity contribution >= 4 is 23.7 Å². The van der Waals surface area contributed by atoms with Crippen molar-refractivity contribution in [1.82, 2.24) is 10.2 Å². The first-order valence-electron chi connectivity index (χ1n) is 6.75. The predicted octanol–water partition coefficient (Wildman–Crippen LogP) is 3.11. The van der Waals surface area contributed by atoms with E-state index in [1.807, 2.05) is 11.3 Å². The van der Waals surface area contributed by atoms with E-state index in [1.54, 1.807) is 5.56 Å². The molecule has 0 radical (unpaired) electrons. The maximum absolute atomic E-state index is 3.75. The Morgan fingerprint density at radius 2 is 2.06 bits per heavy atom. The van der Waals surface area contributed by atoms with Crippen LogP contribution in [-0.2, 0) is 6.54 Å². The summed E-state index contributed by atoms with van der Waals surface area (Å²) in [5.74, 6) is 0. The molecule has 4 heteroatoms. The van der Waals surface area contributed by atoms with Gasteiger partial charge in [0.25, 0.3) is 0 Å². The molecular formula is C14H23ClN2S. The number of nitrogens with one attached hydrogen (secondary N) is 1. The third-order valence-electron chi connectivity index (χ3n) is 4.15. The number of fused-ring (bicyclic) bond motifs is 2. The summed E-state index contributed by atoms with van der Waals surface area (Å²) >= 11 is 1.94. The number of nitrogens with zero attached hydrogens (tertiary/aromatic N) is 1. The van der Waals surface area contributed by atoms with Crippen LogP contribution in [0.2, 0.25) is 0 Å². The lowest BCUT2D eigenvalue weighted by atomic mass is 10.1. The summed E-state index contributed by atoms with van der Waals surface area (Å²) in [5, 5.41) is 3.75. The molecule has 0 amide bonds. The summed E-state index contributed by atoms with van der Waals surface area (Å²) in [7, 11) is 0. The SMILES string of the molecule is Cc1cc(CN2CCC3CCC(C2)N3)c(C)s1.Cl. The fourth-order valence-electron chi connectivity index (χ4n) is 3.24. The monoisotopic (exact) mass is 286 g/mol. The molecule has 0 spiro atoms. The highest BCUT2D eigenvalue weighted by molar-refractivity contribution is 7.12.